The number of rotatable bonds is 2. The van der Waals surface area contributed by atoms with Crippen molar-refractivity contribution in [3.05, 3.63) is 0 Å². The Bertz CT molecular complexity index is 203. The van der Waals surface area contributed by atoms with Crippen molar-refractivity contribution in [2.75, 3.05) is 19.6 Å². The second-order valence-corrected chi connectivity index (χ2v) is 4.98. The van der Waals surface area contributed by atoms with E-state index in [4.69, 9.17) is 5.26 Å². The molecule has 0 radical (unpaired) electrons. The van der Waals surface area contributed by atoms with Gasteiger partial charge in [-0.25, -0.2) is 0 Å². The van der Waals surface area contributed by atoms with Gasteiger partial charge in [0.15, 0.2) is 0 Å². The minimum atomic E-state index is -0.183. The van der Waals surface area contributed by atoms with Crippen LogP contribution in [0.4, 0.5) is 0 Å². The SMILES string of the molecule is CC1CCCN(CC(C)(C)C#N)C1. The maximum Gasteiger partial charge on any atom is 0.0697 e. The first-order chi connectivity index (χ1) is 6.03. The highest BCUT2D eigenvalue weighted by Crippen LogP contribution is 2.21. The molecule has 0 spiro atoms. The van der Waals surface area contributed by atoms with Crippen LogP contribution in [0, 0.1) is 22.7 Å². The van der Waals surface area contributed by atoms with E-state index in [2.05, 4.69) is 17.9 Å². The minimum absolute atomic E-state index is 0.183. The first kappa shape index (κ1) is 10.5. The second-order valence-electron chi connectivity index (χ2n) is 4.98. The van der Waals surface area contributed by atoms with E-state index in [0.29, 0.717) is 0 Å². The van der Waals surface area contributed by atoms with E-state index in [0.717, 1.165) is 12.5 Å². The number of likely N-dealkylation sites (tertiary alicyclic amines) is 1. The summed E-state index contributed by atoms with van der Waals surface area (Å²) in [6, 6.07) is 2.36. The molecule has 0 amide bonds. The Kier molecular flexibility index (Phi) is 3.33. The van der Waals surface area contributed by atoms with E-state index in [-0.39, 0.29) is 5.41 Å². The molecule has 0 saturated carbocycles. The molecule has 0 aromatic rings. The Morgan fingerprint density at radius 1 is 1.54 bits per heavy atom. The number of piperidine rings is 1. The number of nitriles is 1. The topological polar surface area (TPSA) is 27.0 Å². The summed E-state index contributed by atoms with van der Waals surface area (Å²) in [5.74, 6) is 0.809. The van der Waals surface area contributed by atoms with E-state index in [1.54, 1.807) is 0 Å². The van der Waals surface area contributed by atoms with E-state index < -0.39 is 0 Å². The molecule has 1 unspecified atom stereocenters. The fourth-order valence-corrected chi connectivity index (χ4v) is 2.02. The lowest BCUT2D eigenvalue weighted by Crippen LogP contribution is -2.40. The van der Waals surface area contributed by atoms with Crippen molar-refractivity contribution in [1.82, 2.24) is 4.90 Å². The van der Waals surface area contributed by atoms with Crippen LogP contribution in [0.2, 0.25) is 0 Å². The Morgan fingerprint density at radius 2 is 2.23 bits per heavy atom. The largest absolute Gasteiger partial charge is 0.302 e. The van der Waals surface area contributed by atoms with Crippen molar-refractivity contribution in [3.8, 4) is 6.07 Å². The first-order valence-electron chi connectivity index (χ1n) is 5.17. The molecule has 1 aliphatic rings. The van der Waals surface area contributed by atoms with Gasteiger partial charge >= 0.3 is 0 Å². The summed E-state index contributed by atoms with van der Waals surface area (Å²) in [6.45, 7) is 9.61. The van der Waals surface area contributed by atoms with Gasteiger partial charge < -0.3 is 4.90 Å². The molecule has 0 bridgehead atoms. The van der Waals surface area contributed by atoms with Gasteiger partial charge in [-0.15, -0.1) is 0 Å². The van der Waals surface area contributed by atoms with Gasteiger partial charge in [-0.3, -0.25) is 0 Å². The van der Waals surface area contributed by atoms with Crippen LogP contribution in [0.25, 0.3) is 0 Å². The van der Waals surface area contributed by atoms with Gasteiger partial charge in [0.25, 0.3) is 0 Å². The van der Waals surface area contributed by atoms with Gasteiger partial charge in [0, 0.05) is 13.1 Å². The standard InChI is InChI=1S/C11H20N2/c1-10-5-4-6-13(7-10)9-11(2,3)8-12/h10H,4-7,9H2,1-3H3. The monoisotopic (exact) mass is 180 g/mol. The van der Waals surface area contributed by atoms with Gasteiger partial charge in [0.05, 0.1) is 11.5 Å². The normalized spacial score (nSPS) is 25.5. The van der Waals surface area contributed by atoms with E-state index in [1.165, 1.54) is 25.9 Å². The molecule has 0 N–H and O–H groups in total. The van der Waals surface area contributed by atoms with Crippen LogP contribution in [-0.4, -0.2) is 24.5 Å². The molecule has 13 heavy (non-hydrogen) atoms. The van der Waals surface area contributed by atoms with Crippen LogP contribution in [0.1, 0.15) is 33.6 Å². The quantitative estimate of drug-likeness (QED) is 0.652. The van der Waals surface area contributed by atoms with Gasteiger partial charge in [-0.2, -0.15) is 5.26 Å². The number of hydrogen-bond donors (Lipinski definition) is 0. The zero-order valence-corrected chi connectivity index (χ0v) is 9.01. The van der Waals surface area contributed by atoms with Crippen molar-refractivity contribution in [2.24, 2.45) is 11.3 Å². The summed E-state index contributed by atoms with van der Waals surface area (Å²) < 4.78 is 0. The van der Waals surface area contributed by atoms with Crippen LogP contribution in [0.15, 0.2) is 0 Å². The molecule has 0 aromatic heterocycles. The molecular formula is C11H20N2. The fourth-order valence-electron chi connectivity index (χ4n) is 2.02. The van der Waals surface area contributed by atoms with Crippen molar-refractivity contribution >= 4 is 0 Å². The third-order valence-corrected chi connectivity index (χ3v) is 2.66. The van der Waals surface area contributed by atoms with Crippen molar-refractivity contribution < 1.29 is 0 Å². The molecule has 1 atom stereocenters. The molecule has 1 aliphatic heterocycles. The van der Waals surface area contributed by atoms with Crippen LogP contribution in [-0.2, 0) is 0 Å². The Balaban J connectivity index is 2.41. The third kappa shape index (κ3) is 3.36. The molecule has 74 valence electrons. The average molecular weight is 180 g/mol. The third-order valence-electron chi connectivity index (χ3n) is 2.66. The van der Waals surface area contributed by atoms with Crippen LogP contribution in [0.3, 0.4) is 0 Å². The molecule has 1 heterocycles. The zero-order chi connectivity index (χ0) is 9.90. The molecule has 0 aromatic carbocycles. The predicted octanol–water partition coefficient (Wildman–Crippen LogP) is 2.27. The van der Waals surface area contributed by atoms with Gasteiger partial charge in [0.2, 0.25) is 0 Å². The zero-order valence-electron chi connectivity index (χ0n) is 9.01. The Morgan fingerprint density at radius 3 is 2.77 bits per heavy atom. The van der Waals surface area contributed by atoms with E-state index >= 15 is 0 Å². The van der Waals surface area contributed by atoms with Gasteiger partial charge in [0.1, 0.15) is 0 Å². The van der Waals surface area contributed by atoms with E-state index in [9.17, 15) is 0 Å². The molecular weight excluding hydrogens is 160 g/mol. The molecule has 0 aliphatic carbocycles. The Labute approximate surface area is 81.5 Å². The maximum absolute atomic E-state index is 8.91. The summed E-state index contributed by atoms with van der Waals surface area (Å²) in [5.41, 5.74) is -0.183. The van der Waals surface area contributed by atoms with Gasteiger partial charge in [-0.05, 0) is 39.2 Å². The van der Waals surface area contributed by atoms with Crippen LogP contribution < -0.4 is 0 Å². The van der Waals surface area contributed by atoms with Crippen LogP contribution >= 0.6 is 0 Å². The first-order valence-corrected chi connectivity index (χ1v) is 5.17. The lowest BCUT2D eigenvalue weighted by atomic mass is 9.92. The highest BCUT2D eigenvalue weighted by molar-refractivity contribution is 4.94. The summed E-state index contributed by atoms with van der Waals surface area (Å²) in [6.07, 6.45) is 2.64. The Hall–Kier alpha value is -0.550. The molecule has 1 rings (SSSR count). The molecule has 1 fully saturated rings. The lowest BCUT2D eigenvalue weighted by molar-refractivity contribution is 0.148. The van der Waals surface area contributed by atoms with Crippen molar-refractivity contribution in [3.63, 3.8) is 0 Å². The smallest absolute Gasteiger partial charge is 0.0697 e. The predicted molar refractivity (Wildman–Crippen MR) is 54.2 cm³/mol. The highest BCUT2D eigenvalue weighted by Gasteiger charge is 2.24. The second kappa shape index (κ2) is 4.11. The summed E-state index contributed by atoms with van der Waals surface area (Å²) in [5, 5.41) is 8.91. The summed E-state index contributed by atoms with van der Waals surface area (Å²) in [7, 11) is 0. The van der Waals surface area contributed by atoms with E-state index in [1.807, 2.05) is 13.8 Å². The van der Waals surface area contributed by atoms with Crippen LogP contribution in [0.5, 0.6) is 0 Å². The fraction of sp³-hybridized carbons (Fsp3) is 0.909. The summed E-state index contributed by atoms with van der Waals surface area (Å²) >= 11 is 0. The van der Waals surface area contributed by atoms with Crippen molar-refractivity contribution in [2.45, 2.75) is 33.6 Å². The molecule has 2 heteroatoms. The number of nitrogens with zero attached hydrogens (tertiary/aromatic N) is 2. The van der Waals surface area contributed by atoms with Crippen molar-refractivity contribution in [1.29, 1.82) is 5.26 Å². The van der Waals surface area contributed by atoms with Gasteiger partial charge in [-0.1, -0.05) is 6.92 Å². The highest BCUT2D eigenvalue weighted by atomic mass is 15.1. The number of hydrogen-bond acceptors (Lipinski definition) is 2. The lowest BCUT2D eigenvalue weighted by Gasteiger charge is -2.34. The summed E-state index contributed by atoms with van der Waals surface area (Å²) in [4.78, 5) is 2.43. The molecule has 1 saturated heterocycles. The minimum Gasteiger partial charge on any atom is -0.302 e. The average Bonchev–Trinajstić information content (AvgIpc) is 2.03. The molecule has 2 nitrogen and oxygen atoms in total. The maximum atomic E-state index is 8.91.